The van der Waals surface area contributed by atoms with Gasteiger partial charge in [0.2, 0.25) is 0 Å². The molecule has 0 spiro atoms. The Morgan fingerprint density at radius 3 is 2.21 bits per heavy atom. The van der Waals surface area contributed by atoms with E-state index in [-0.39, 0.29) is 13.2 Å². The van der Waals surface area contributed by atoms with Crippen molar-refractivity contribution in [3.63, 3.8) is 0 Å². The molecule has 4 heteroatoms. The highest BCUT2D eigenvalue weighted by molar-refractivity contribution is 5.70. The van der Waals surface area contributed by atoms with Gasteiger partial charge in [0, 0.05) is 24.1 Å². The Labute approximate surface area is 144 Å². The molecule has 0 unspecified atom stereocenters. The van der Waals surface area contributed by atoms with Crippen LogP contribution in [0.5, 0.6) is 5.75 Å². The number of rotatable bonds is 8. The summed E-state index contributed by atoms with van der Waals surface area (Å²) in [6.45, 7) is 3.23. The molecule has 0 radical (unpaired) electrons. The number of para-hydroxylation sites is 1. The second kappa shape index (κ2) is 8.29. The zero-order valence-electron chi connectivity index (χ0n) is 14.7. The van der Waals surface area contributed by atoms with E-state index in [1.54, 1.807) is 7.11 Å². The Morgan fingerprint density at radius 1 is 1.00 bits per heavy atom. The van der Waals surface area contributed by atoms with Crippen molar-refractivity contribution in [2.24, 2.45) is 5.41 Å². The minimum atomic E-state index is -0.480. The molecule has 2 rings (SSSR count). The molecule has 2 aromatic carbocycles. The van der Waals surface area contributed by atoms with Gasteiger partial charge in [-0.2, -0.15) is 0 Å². The van der Waals surface area contributed by atoms with E-state index in [9.17, 15) is 10.2 Å². The zero-order chi connectivity index (χ0) is 17.6. The first-order valence-corrected chi connectivity index (χ1v) is 8.14. The van der Waals surface area contributed by atoms with Crippen LogP contribution in [0.4, 0.5) is 0 Å². The number of benzene rings is 2. The molecule has 130 valence electrons. The number of nitrogens with zero attached hydrogens (tertiary/aromatic N) is 1. The van der Waals surface area contributed by atoms with Gasteiger partial charge in [0.15, 0.2) is 0 Å². The lowest BCUT2D eigenvalue weighted by Gasteiger charge is -2.30. The van der Waals surface area contributed by atoms with Crippen LogP contribution < -0.4 is 4.74 Å². The fourth-order valence-corrected chi connectivity index (χ4v) is 2.84. The zero-order valence-corrected chi connectivity index (χ0v) is 14.7. The second-order valence-electron chi connectivity index (χ2n) is 6.70. The Balaban J connectivity index is 2.07. The van der Waals surface area contributed by atoms with Crippen LogP contribution in [0.1, 0.15) is 12.5 Å². The average molecular weight is 329 g/mol. The summed E-state index contributed by atoms with van der Waals surface area (Å²) in [6, 6.07) is 16.4. The first-order chi connectivity index (χ1) is 11.5. The van der Waals surface area contributed by atoms with Crippen molar-refractivity contribution in [1.82, 2.24) is 4.90 Å². The molecule has 0 aliphatic rings. The highest BCUT2D eigenvalue weighted by atomic mass is 16.5. The highest BCUT2D eigenvalue weighted by Crippen LogP contribution is 2.29. The van der Waals surface area contributed by atoms with Crippen molar-refractivity contribution in [3.8, 4) is 16.9 Å². The van der Waals surface area contributed by atoms with E-state index in [0.717, 1.165) is 23.4 Å². The molecule has 2 N–H and O–H groups in total. The first-order valence-electron chi connectivity index (χ1n) is 8.14. The third kappa shape index (κ3) is 4.57. The molecule has 0 saturated heterocycles. The van der Waals surface area contributed by atoms with Gasteiger partial charge in [-0.1, -0.05) is 49.4 Å². The van der Waals surface area contributed by atoms with Gasteiger partial charge in [-0.25, -0.2) is 0 Å². The molecule has 0 aliphatic heterocycles. The molecule has 0 atom stereocenters. The number of hydrogen-bond donors (Lipinski definition) is 2. The van der Waals surface area contributed by atoms with Gasteiger partial charge in [0.05, 0.1) is 20.3 Å². The van der Waals surface area contributed by atoms with Crippen LogP contribution in [-0.4, -0.2) is 49.0 Å². The Kier molecular flexibility index (Phi) is 6.37. The highest BCUT2D eigenvalue weighted by Gasteiger charge is 2.24. The van der Waals surface area contributed by atoms with Crippen LogP contribution >= 0.6 is 0 Å². The van der Waals surface area contributed by atoms with Crippen molar-refractivity contribution in [1.29, 1.82) is 0 Å². The second-order valence-corrected chi connectivity index (χ2v) is 6.70. The Hall–Kier alpha value is -1.88. The summed E-state index contributed by atoms with van der Waals surface area (Å²) >= 11 is 0. The topological polar surface area (TPSA) is 52.9 Å². The molecule has 0 aliphatic carbocycles. The fourth-order valence-electron chi connectivity index (χ4n) is 2.84. The van der Waals surface area contributed by atoms with Gasteiger partial charge in [0.25, 0.3) is 0 Å². The third-order valence-electron chi connectivity index (χ3n) is 4.24. The summed E-state index contributed by atoms with van der Waals surface area (Å²) in [5.74, 6) is 0.865. The summed E-state index contributed by atoms with van der Waals surface area (Å²) in [5.41, 5.74) is 2.91. The van der Waals surface area contributed by atoms with Crippen molar-refractivity contribution < 1.29 is 14.9 Å². The lowest BCUT2D eigenvalue weighted by Crippen LogP contribution is -2.38. The Bertz CT molecular complexity index is 636. The van der Waals surface area contributed by atoms with E-state index in [1.807, 2.05) is 38.2 Å². The predicted molar refractivity (Wildman–Crippen MR) is 97.0 cm³/mol. The van der Waals surface area contributed by atoms with Crippen LogP contribution in [-0.2, 0) is 6.54 Å². The molecule has 0 bridgehead atoms. The van der Waals surface area contributed by atoms with E-state index in [2.05, 4.69) is 29.2 Å². The largest absolute Gasteiger partial charge is 0.496 e. The summed E-state index contributed by atoms with van der Waals surface area (Å²) in [4.78, 5) is 2.12. The number of hydrogen-bond acceptors (Lipinski definition) is 4. The lowest BCUT2D eigenvalue weighted by molar-refractivity contribution is 0.0402. The van der Waals surface area contributed by atoms with Gasteiger partial charge in [0.1, 0.15) is 5.75 Å². The quantitative estimate of drug-likeness (QED) is 0.782. The number of ether oxygens (including phenoxy) is 1. The van der Waals surface area contributed by atoms with Crippen LogP contribution in [0.3, 0.4) is 0 Å². The van der Waals surface area contributed by atoms with Crippen LogP contribution in [0.2, 0.25) is 0 Å². The maximum Gasteiger partial charge on any atom is 0.126 e. The van der Waals surface area contributed by atoms with Crippen molar-refractivity contribution in [2.45, 2.75) is 13.5 Å². The van der Waals surface area contributed by atoms with Gasteiger partial charge in [-0.05, 0) is 24.2 Å². The van der Waals surface area contributed by atoms with E-state index in [1.165, 1.54) is 5.56 Å². The molecular formula is C20H27NO3. The molecule has 2 aromatic rings. The fraction of sp³-hybridized carbons (Fsp3) is 0.400. The average Bonchev–Trinajstić information content (AvgIpc) is 2.62. The molecule has 0 fully saturated rings. The molecule has 24 heavy (non-hydrogen) atoms. The number of methoxy groups -OCH3 is 1. The molecule has 4 nitrogen and oxygen atoms in total. The lowest BCUT2D eigenvalue weighted by atomic mass is 9.92. The summed E-state index contributed by atoms with van der Waals surface area (Å²) in [6.07, 6.45) is 0. The summed E-state index contributed by atoms with van der Waals surface area (Å²) in [5, 5.41) is 18.8. The van der Waals surface area contributed by atoms with Gasteiger partial charge >= 0.3 is 0 Å². The van der Waals surface area contributed by atoms with E-state index < -0.39 is 5.41 Å². The molecule has 0 amide bonds. The summed E-state index contributed by atoms with van der Waals surface area (Å²) < 4.78 is 5.42. The Morgan fingerprint density at radius 2 is 1.62 bits per heavy atom. The predicted octanol–water partition coefficient (Wildman–Crippen LogP) is 2.78. The maximum atomic E-state index is 9.41. The minimum Gasteiger partial charge on any atom is -0.496 e. The van der Waals surface area contributed by atoms with Gasteiger partial charge < -0.3 is 19.8 Å². The van der Waals surface area contributed by atoms with Gasteiger partial charge in [-0.3, -0.25) is 0 Å². The maximum absolute atomic E-state index is 9.41. The van der Waals surface area contributed by atoms with Gasteiger partial charge in [-0.15, -0.1) is 0 Å². The summed E-state index contributed by atoms with van der Waals surface area (Å²) in [7, 11) is 3.68. The van der Waals surface area contributed by atoms with Crippen molar-refractivity contribution >= 4 is 0 Å². The molecular weight excluding hydrogens is 302 g/mol. The van der Waals surface area contributed by atoms with E-state index in [4.69, 9.17) is 4.74 Å². The minimum absolute atomic E-state index is 0.0272. The van der Waals surface area contributed by atoms with E-state index >= 15 is 0 Å². The van der Waals surface area contributed by atoms with Crippen LogP contribution in [0.25, 0.3) is 11.1 Å². The van der Waals surface area contributed by atoms with Crippen molar-refractivity contribution in [2.75, 3.05) is 33.9 Å². The molecule has 0 saturated carbocycles. The SMILES string of the molecule is COc1ccccc1-c1ccc(CN(C)CC(C)(CO)CO)cc1. The third-order valence-corrected chi connectivity index (χ3v) is 4.24. The number of aliphatic hydroxyl groups excluding tert-OH is 2. The van der Waals surface area contributed by atoms with E-state index in [0.29, 0.717) is 6.54 Å². The smallest absolute Gasteiger partial charge is 0.126 e. The number of aliphatic hydroxyl groups is 2. The first kappa shape index (κ1) is 18.5. The van der Waals surface area contributed by atoms with Crippen LogP contribution in [0, 0.1) is 5.41 Å². The van der Waals surface area contributed by atoms with Crippen LogP contribution in [0.15, 0.2) is 48.5 Å². The normalized spacial score (nSPS) is 11.8. The molecule has 0 heterocycles. The monoisotopic (exact) mass is 329 g/mol. The van der Waals surface area contributed by atoms with Crippen molar-refractivity contribution in [3.05, 3.63) is 54.1 Å². The standard InChI is InChI=1S/C20H27NO3/c1-20(14-22,15-23)13-21(2)12-16-8-10-17(11-9-16)18-6-4-5-7-19(18)24-3/h4-11,22-23H,12-15H2,1-3H3. The molecule has 0 aromatic heterocycles.